The van der Waals surface area contributed by atoms with Crippen molar-refractivity contribution in [3.05, 3.63) is 53.6 Å². The average molecular weight is 390 g/mol. The fourth-order valence-electron chi connectivity index (χ4n) is 3.90. The molecule has 2 aromatic rings. The number of aryl methyl sites for hydroxylation is 1. The highest BCUT2D eigenvalue weighted by Crippen LogP contribution is 2.39. The average Bonchev–Trinajstić information content (AvgIpc) is 2.65. The third-order valence-corrected chi connectivity index (χ3v) is 5.45. The van der Waals surface area contributed by atoms with E-state index in [1.54, 1.807) is 6.07 Å². The zero-order chi connectivity index (χ0) is 19.9. The van der Waals surface area contributed by atoms with Crippen LogP contribution in [0.25, 0.3) is 0 Å². The van der Waals surface area contributed by atoms with Gasteiger partial charge in [0.15, 0.2) is 0 Å². The molecule has 28 heavy (non-hydrogen) atoms. The molecule has 1 fully saturated rings. The highest BCUT2D eigenvalue weighted by molar-refractivity contribution is 5.77. The number of hydrogen-bond acceptors (Lipinski definition) is 4. The minimum absolute atomic E-state index is 0.106. The van der Waals surface area contributed by atoms with E-state index in [1.165, 1.54) is 13.2 Å². The number of hydrogen-bond donors (Lipinski definition) is 0. The molecule has 0 saturated carbocycles. The lowest BCUT2D eigenvalue weighted by Crippen LogP contribution is -2.50. The van der Waals surface area contributed by atoms with Gasteiger partial charge in [0.1, 0.15) is 0 Å². The molecule has 0 aliphatic carbocycles. The third kappa shape index (κ3) is 3.41. The number of ether oxygens (including phenoxy) is 1. The lowest BCUT2D eigenvalue weighted by Gasteiger charge is -2.40. The van der Waals surface area contributed by atoms with Gasteiger partial charge in [-0.15, -0.1) is 0 Å². The van der Waals surface area contributed by atoms with Crippen molar-refractivity contribution in [1.82, 2.24) is 0 Å². The van der Waals surface area contributed by atoms with Gasteiger partial charge in [-0.2, -0.15) is 13.2 Å². The highest BCUT2D eigenvalue weighted by atomic mass is 19.4. The first-order chi connectivity index (χ1) is 13.4. The fourth-order valence-corrected chi connectivity index (χ4v) is 3.90. The predicted molar refractivity (Wildman–Crippen MR) is 101 cm³/mol. The van der Waals surface area contributed by atoms with Crippen LogP contribution in [-0.2, 0) is 22.1 Å². The minimum Gasteiger partial charge on any atom is -0.469 e. The van der Waals surface area contributed by atoms with Crippen LogP contribution in [0, 0.1) is 5.92 Å². The van der Waals surface area contributed by atoms with E-state index >= 15 is 0 Å². The summed E-state index contributed by atoms with van der Waals surface area (Å²) in [5.41, 5.74) is 2.89. The molecule has 2 aliphatic rings. The Labute approximate surface area is 161 Å². The summed E-state index contributed by atoms with van der Waals surface area (Å²) in [4.78, 5) is 15.8. The first-order valence-electron chi connectivity index (χ1n) is 9.27. The van der Waals surface area contributed by atoms with Crippen LogP contribution in [0.5, 0.6) is 0 Å². The van der Waals surface area contributed by atoms with Gasteiger partial charge in [-0.05, 0) is 54.8 Å². The summed E-state index contributed by atoms with van der Waals surface area (Å²) in [5, 5.41) is 0. The molecule has 0 atom stereocenters. The molecule has 0 aromatic heterocycles. The van der Waals surface area contributed by atoms with Crippen LogP contribution >= 0.6 is 0 Å². The van der Waals surface area contributed by atoms with Crippen LogP contribution < -0.4 is 9.80 Å². The summed E-state index contributed by atoms with van der Waals surface area (Å²) in [6, 6.07) is 11.9. The van der Waals surface area contributed by atoms with E-state index in [4.69, 9.17) is 4.74 Å². The van der Waals surface area contributed by atoms with E-state index in [-0.39, 0.29) is 11.9 Å². The van der Waals surface area contributed by atoms with Crippen molar-refractivity contribution >= 4 is 23.0 Å². The fraction of sp³-hybridized carbons (Fsp3) is 0.381. The maximum atomic E-state index is 13.0. The van der Waals surface area contributed by atoms with Gasteiger partial charge in [-0.3, -0.25) is 4.79 Å². The summed E-state index contributed by atoms with van der Waals surface area (Å²) >= 11 is 0. The molecule has 7 heteroatoms. The van der Waals surface area contributed by atoms with E-state index in [1.807, 2.05) is 24.3 Å². The smallest absolute Gasteiger partial charge is 0.416 e. The van der Waals surface area contributed by atoms with Crippen LogP contribution in [0.1, 0.15) is 17.5 Å². The molecule has 148 valence electrons. The van der Waals surface area contributed by atoms with Crippen LogP contribution in [-0.4, -0.2) is 32.7 Å². The van der Waals surface area contributed by atoms with E-state index in [0.717, 1.165) is 41.7 Å². The van der Waals surface area contributed by atoms with Crippen LogP contribution in [0.15, 0.2) is 42.5 Å². The van der Waals surface area contributed by atoms with E-state index in [2.05, 4.69) is 9.80 Å². The number of anilines is 3. The Hall–Kier alpha value is -2.70. The van der Waals surface area contributed by atoms with Crippen LogP contribution in [0.4, 0.5) is 30.2 Å². The number of methoxy groups -OCH3 is 1. The molecule has 0 amide bonds. The number of alkyl halides is 3. The van der Waals surface area contributed by atoms with Gasteiger partial charge in [-0.25, -0.2) is 0 Å². The third-order valence-electron chi connectivity index (χ3n) is 5.45. The number of carbonyl (C=O) groups excluding carboxylic acids is 1. The van der Waals surface area contributed by atoms with E-state index < -0.39 is 11.7 Å². The van der Waals surface area contributed by atoms with Gasteiger partial charge in [0.25, 0.3) is 0 Å². The predicted octanol–water partition coefficient (Wildman–Crippen LogP) is 4.40. The molecule has 0 bridgehead atoms. The Morgan fingerprint density at radius 2 is 1.86 bits per heavy atom. The molecule has 0 unspecified atom stereocenters. The van der Waals surface area contributed by atoms with Crippen molar-refractivity contribution in [3.8, 4) is 0 Å². The number of rotatable bonds is 3. The number of carbonyl (C=O) groups is 1. The Bertz CT molecular complexity index is 891. The molecular weight excluding hydrogens is 369 g/mol. The summed E-state index contributed by atoms with van der Waals surface area (Å²) in [5.74, 6) is -0.303. The number of halogens is 3. The quantitative estimate of drug-likeness (QED) is 0.728. The lowest BCUT2D eigenvalue weighted by atomic mass is 9.97. The van der Waals surface area contributed by atoms with Crippen molar-refractivity contribution in [2.24, 2.45) is 5.92 Å². The Morgan fingerprint density at radius 1 is 1.11 bits per heavy atom. The maximum Gasteiger partial charge on any atom is 0.416 e. The summed E-state index contributed by atoms with van der Waals surface area (Å²) in [6.07, 6.45) is -2.89. The number of fused-ring (bicyclic) bond motifs is 1. The number of nitrogens with zero attached hydrogens (tertiary/aromatic N) is 2. The zero-order valence-corrected chi connectivity index (χ0v) is 15.5. The number of benzene rings is 2. The monoisotopic (exact) mass is 390 g/mol. The molecule has 2 aliphatic heterocycles. The zero-order valence-electron chi connectivity index (χ0n) is 15.5. The molecule has 4 nitrogen and oxygen atoms in total. The Balaban J connectivity index is 1.57. The molecule has 0 spiro atoms. The van der Waals surface area contributed by atoms with Gasteiger partial charge in [0, 0.05) is 36.7 Å². The molecule has 2 heterocycles. The summed E-state index contributed by atoms with van der Waals surface area (Å²) in [7, 11) is 1.39. The maximum absolute atomic E-state index is 13.0. The van der Waals surface area contributed by atoms with Crippen molar-refractivity contribution in [3.63, 3.8) is 0 Å². The Morgan fingerprint density at radius 3 is 2.57 bits per heavy atom. The molecule has 1 saturated heterocycles. The normalized spacial score (nSPS) is 17.1. The lowest BCUT2D eigenvalue weighted by molar-refractivity contribution is -0.146. The standard InChI is InChI=1S/C21H21F3N2O2/c1-28-20(27)15-12-25(13-15)17-5-2-6-18(11-17)26-9-3-4-14-10-16(21(22,23)24)7-8-19(14)26/h2,5-8,10-11,15H,3-4,9,12-13H2,1H3. The van der Waals surface area contributed by atoms with Crippen molar-refractivity contribution in [2.45, 2.75) is 19.0 Å². The first-order valence-corrected chi connectivity index (χ1v) is 9.27. The largest absolute Gasteiger partial charge is 0.469 e. The topological polar surface area (TPSA) is 32.8 Å². The highest BCUT2D eigenvalue weighted by Gasteiger charge is 2.34. The van der Waals surface area contributed by atoms with E-state index in [0.29, 0.717) is 19.5 Å². The molecule has 0 N–H and O–H groups in total. The van der Waals surface area contributed by atoms with Gasteiger partial charge in [0.05, 0.1) is 18.6 Å². The van der Waals surface area contributed by atoms with Gasteiger partial charge in [0.2, 0.25) is 0 Å². The van der Waals surface area contributed by atoms with Crippen LogP contribution in [0.3, 0.4) is 0 Å². The number of esters is 1. The second-order valence-corrected chi connectivity index (χ2v) is 7.24. The molecule has 4 rings (SSSR count). The van der Waals surface area contributed by atoms with Gasteiger partial charge >= 0.3 is 12.1 Å². The first kappa shape index (κ1) is 18.7. The molecular formula is C21H21F3N2O2. The minimum atomic E-state index is -4.33. The Kier molecular flexibility index (Phi) is 4.69. The van der Waals surface area contributed by atoms with Gasteiger partial charge < -0.3 is 14.5 Å². The molecule has 2 aromatic carbocycles. The summed E-state index contributed by atoms with van der Waals surface area (Å²) < 4.78 is 43.9. The van der Waals surface area contributed by atoms with Crippen molar-refractivity contribution in [1.29, 1.82) is 0 Å². The van der Waals surface area contributed by atoms with Gasteiger partial charge in [-0.1, -0.05) is 6.07 Å². The SMILES string of the molecule is COC(=O)C1CN(c2cccc(N3CCCc4cc(C(F)(F)F)ccc43)c2)C1. The molecule has 0 radical (unpaired) electrons. The van der Waals surface area contributed by atoms with E-state index in [9.17, 15) is 18.0 Å². The van der Waals surface area contributed by atoms with Crippen molar-refractivity contribution < 1.29 is 22.7 Å². The van der Waals surface area contributed by atoms with Crippen molar-refractivity contribution in [2.75, 3.05) is 36.5 Å². The van der Waals surface area contributed by atoms with Crippen LogP contribution in [0.2, 0.25) is 0 Å². The second kappa shape index (κ2) is 7.04. The second-order valence-electron chi connectivity index (χ2n) is 7.24. The summed E-state index contributed by atoms with van der Waals surface area (Å²) in [6.45, 7) is 1.98.